The average Bonchev–Trinajstić information content (AvgIpc) is 2.81. The zero-order valence-corrected chi connectivity index (χ0v) is 13.2. The van der Waals surface area contributed by atoms with Crippen LogP contribution in [0.25, 0.3) is 0 Å². The molecule has 1 heterocycles. The van der Waals surface area contributed by atoms with Crippen LogP contribution in [0.4, 0.5) is 10.3 Å². The standard InChI is InChI=1S/C14H18FN5OS/c1-9(22-14-19-18-13(16)20(14)2)12(21)17-8-7-10-3-5-11(15)6-4-10/h3-6,9H,7-8H2,1-2H3,(H2,16,18)(H,17,21). The number of anilines is 1. The molecule has 1 unspecified atom stereocenters. The van der Waals surface area contributed by atoms with Gasteiger partial charge < -0.3 is 11.1 Å². The van der Waals surface area contributed by atoms with E-state index in [2.05, 4.69) is 15.5 Å². The Balaban J connectivity index is 1.79. The number of carbonyl (C=O) groups is 1. The van der Waals surface area contributed by atoms with E-state index in [0.29, 0.717) is 24.1 Å². The normalized spacial score (nSPS) is 12.1. The van der Waals surface area contributed by atoms with E-state index in [1.54, 1.807) is 30.7 Å². The second kappa shape index (κ2) is 7.26. The summed E-state index contributed by atoms with van der Waals surface area (Å²) < 4.78 is 14.4. The maximum absolute atomic E-state index is 12.8. The minimum Gasteiger partial charge on any atom is -0.368 e. The second-order valence-electron chi connectivity index (χ2n) is 4.83. The lowest BCUT2D eigenvalue weighted by molar-refractivity contribution is -0.120. The van der Waals surface area contributed by atoms with Crippen LogP contribution in [-0.4, -0.2) is 32.5 Å². The average molecular weight is 323 g/mol. The summed E-state index contributed by atoms with van der Waals surface area (Å²) in [7, 11) is 1.75. The van der Waals surface area contributed by atoms with E-state index in [9.17, 15) is 9.18 Å². The lowest BCUT2D eigenvalue weighted by Gasteiger charge is -2.11. The van der Waals surface area contributed by atoms with E-state index in [1.807, 2.05) is 0 Å². The van der Waals surface area contributed by atoms with Gasteiger partial charge in [-0.2, -0.15) is 0 Å². The molecule has 6 nitrogen and oxygen atoms in total. The number of nitrogens with one attached hydrogen (secondary N) is 1. The van der Waals surface area contributed by atoms with Gasteiger partial charge in [0.05, 0.1) is 5.25 Å². The number of hydrogen-bond donors (Lipinski definition) is 2. The summed E-state index contributed by atoms with van der Waals surface area (Å²) in [6.07, 6.45) is 0.653. The van der Waals surface area contributed by atoms with E-state index in [0.717, 1.165) is 5.56 Å². The lowest BCUT2D eigenvalue weighted by Crippen LogP contribution is -2.32. The van der Waals surface area contributed by atoms with Crippen molar-refractivity contribution in [3.8, 4) is 0 Å². The molecule has 0 fully saturated rings. The predicted molar refractivity (Wildman–Crippen MR) is 83.8 cm³/mol. The van der Waals surface area contributed by atoms with Gasteiger partial charge in [0, 0.05) is 13.6 Å². The van der Waals surface area contributed by atoms with E-state index < -0.39 is 0 Å². The summed E-state index contributed by atoms with van der Waals surface area (Å²) in [5, 5.41) is 10.8. The van der Waals surface area contributed by atoms with Gasteiger partial charge in [-0.1, -0.05) is 23.9 Å². The molecule has 1 aromatic carbocycles. The summed E-state index contributed by atoms with van der Waals surface area (Å²) in [5.41, 5.74) is 6.57. The lowest BCUT2D eigenvalue weighted by atomic mass is 10.1. The molecule has 8 heteroatoms. The van der Waals surface area contributed by atoms with Crippen molar-refractivity contribution in [1.29, 1.82) is 0 Å². The number of carbonyl (C=O) groups excluding carboxylic acids is 1. The summed E-state index contributed by atoms with van der Waals surface area (Å²) in [4.78, 5) is 12.0. The number of hydrogen-bond acceptors (Lipinski definition) is 5. The highest BCUT2D eigenvalue weighted by atomic mass is 32.2. The Hall–Kier alpha value is -2.09. The van der Waals surface area contributed by atoms with Crippen molar-refractivity contribution in [2.75, 3.05) is 12.3 Å². The Labute approximate surface area is 132 Å². The quantitative estimate of drug-likeness (QED) is 0.784. The van der Waals surface area contributed by atoms with Crippen LogP contribution in [0.2, 0.25) is 0 Å². The zero-order chi connectivity index (χ0) is 16.1. The fourth-order valence-corrected chi connectivity index (χ4v) is 2.61. The Morgan fingerprint density at radius 3 is 2.68 bits per heavy atom. The van der Waals surface area contributed by atoms with Crippen LogP contribution in [0.15, 0.2) is 29.4 Å². The second-order valence-corrected chi connectivity index (χ2v) is 6.14. The third-order valence-electron chi connectivity index (χ3n) is 3.15. The molecular weight excluding hydrogens is 305 g/mol. The van der Waals surface area contributed by atoms with Gasteiger partial charge in [0.2, 0.25) is 11.9 Å². The Morgan fingerprint density at radius 2 is 2.09 bits per heavy atom. The van der Waals surface area contributed by atoms with Gasteiger partial charge in [-0.05, 0) is 31.0 Å². The van der Waals surface area contributed by atoms with Crippen LogP contribution in [0, 0.1) is 5.82 Å². The predicted octanol–water partition coefficient (Wildman–Crippen LogP) is 1.38. The van der Waals surface area contributed by atoms with Gasteiger partial charge in [-0.25, -0.2) is 4.39 Å². The zero-order valence-electron chi connectivity index (χ0n) is 12.4. The van der Waals surface area contributed by atoms with Crippen LogP contribution < -0.4 is 11.1 Å². The molecule has 0 saturated carbocycles. The fourth-order valence-electron chi connectivity index (χ4n) is 1.77. The van der Waals surface area contributed by atoms with E-state index in [4.69, 9.17) is 5.73 Å². The number of nitrogens with zero attached hydrogens (tertiary/aromatic N) is 3. The van der Waals surface area contributed by atoms with E-state index >= 15 is 0 Å². The summed E-state index contributed by atoms with van der Waals surface area (Å²) in [6.45, 7) is 2.29. The molecule has 0 spiro atoms. The maximum Gasteiger partial charge on any atom is 0.233 e. The molecule has 2 rings (SSSR count). The van der Waals surface area contributed by atoms with Crippen LogP contribution in [-0.2, 0) is 18.3 Å². The van der Waals surface area contributed by atoms with E-state index in [1.165, 1.54) is 23.9 Å². The minimum atomic E-state index is -0.310. The van der Waals surface area contributed by atoms with Gasteiger partial charge in [0.25, 0.3) is 0 Å². The smallest absolute Gasteiger partial charge is 0.233 e. The van der Waals surface area contributed by atoms with Gasteiger partial charge in [0.15, 0.2) is 5.16 Å². The maximum atomic E-state index is 12.8. The van der Waals surface area contributed by atoms with Crippen molar-refractivity contribution in [1.82, 2.24) is 20.1 Å². The number of nitrogens with two attached hydrogens (primary N) is 1. The number of amides is 1. The first-order chi connectivity index (χ1) is 10.5. The summed E-state index contributed by atoms with van der Waals surface area (Å²) in [6, 6.07) is 6.24. The van der Waals surface area contributed by atoms with Crippen molar-refractivity contribution < 1.29 is 9.18 Å². The van der Waals surface area contributed by atoms with Gasteiger partial charge in [0.1, 0.15) is 5.82 Å². The molecule has 0 aliphatic rings. The molecule has 2 aromatic rings. The highest BCUT2D eigenvalue weighted by Gasteiger charge is 2.17. The Morgan fingerprint density at radius 1 is 1.41 bits per heavy atom. The molecule has 0 aliphatic heterocycles. The monoisotopic (exact) mass is 323 g/mol. The third kappa shape index (κ3) is 4.20. The largest absolute Gasteiger partial charge is 0.368 e. The SMILES string of the molecule is CC(Sc1nnc(N)n1C)C(=O)NCCc1ccc(F)cc1. The Bertz CT molecular complexity index is 643. The van der Waals surface area contributed by atoms with Crippen LogP contribution in [0.5, 0.6) is 0 Å². The van der Waals surface area contributed by atoms with Gasteiger partial charge in [-0.3, -0.25) is 9.36 Å². The van der Waals surface area contributed by atoms with Gasteiger partial charge >= 0.3 is 0 Å². The number of halogens is 1. The Kier molecular flexibility index (Phi) is 5.37. The van der Waals surface area contributed by atoms with Crippen molar-refractivity contribution >= 4 is 23.6 Å². The molecule has 1 aromatic heterocycles. The van der Waals surface area contributed by atoms with Crippen LogP contribution in [0.1, 0.15) is 12.5 Å². The number of rotatable bonds is 6. The molecule has 0 bridgehead atoms. The van der Waals surface area contributed by atoms with E-state index in [-0.39, 0.29) is 17.0 Å². The molecule has 0 aliphatic carbocycles. The highest BCUT2D eigenvalue weighted by molar-refractivity contribution is 8.00. The van der Waals surface area contributed by atoms with Crippen molar-refractivity contribution in [2.24, 2.45) is 7.05 Å². The van der Waals surface area contributed by atoms with Crippen LogP contribution in [0.3, 0.4) is 0 Å². The molecule has 22 heavy (non-hydrogen) atoms. The van der Waals surface area contributed by atoms with Crippen molar-refractivity contribution in [2.45, 2.75) is 23.8 Å². The molecule has 0 radical (unpaired) electrons. The highest BCUT2D eigenvalue weighted by Crippen LogP contribution is 2.21. The number of benzene rings is 1. The molecule has 0 saturated heterocycles. The summed E-state index contributed by atoms with van der Waals surface area (Å²) >= 11 is 1.30. The van der Waals surface area contributed by atoms with Crippen LogP contribution >= 0.6 is 11.8 Å². The first kappa shape index (κ1) is 16.3. The number of aromatic nitrogens is 3. The number of nitrogen functional groups attached to an aromatic ring is 1. The first-order valence-corrected chi connectivity index (χ1v) is 7.69. The molecule has 3 N–H and O–H groups in total. The molecular formula is C14H18FN5OS. The summed E-state index contributed by atoms with van der Waals surface area (Å²) in [5.74, 6) is -0.0409. The topological polar surface area (TPSA) is 85.8 Å². The first-order valence-electron chi connectivity index (χ1n) is 6.81. The van der Waals surface area contributed by atoms with Gasteiger partial charge in [-0.15, -0.1) is 10.2 Å². The fraction of sp³-hybridized carbons (Fsp3) is 0.357. The van der Waals surface area contributed by atoms with Crippen molar-refractivity contribution in [3.63, 3.8) is 0 Å². The third-order valence-corrected chi connectivity index (χ3v) is 4.28. The van der Waals surface area contributed by atoms with Crippen molar-refractivity contribution in [3.05, 3.63) is 35.6 Å². The molecule has 1 amide bonds. The molecule has 118 valence electrons. The molecule has 1 atom stereocenters. The number of thioether (sulfide) groups is 1. The minimum absolute atomic E-state index is 0.0892.